The third-order valence-electron chi connectivity index (χ3n) is 2.94. The van der Waals surface area contributed by atoms with Gasteiger partial charge in [0.15, 0.2) is 0 Å². The van der Waals surface area contributed by atoms with Crippen molar-refractivity contribution in [1.82, 2.24) is 0 Å². The molecule has 0 atom stereocenters. The average Bonchev–Trinajstić information content (AvgIpc) is 2.34. The van der Waals surface area contributed by atoms with Gasteiger partial charge < -0.3 is 4.74 Å². The highest BCUT2D eigenvalue weighted by Gasteiger charge is 1.94. The van der Waals surface area contributed by atoms with Crippen molar-refractivity contribution in [1.29, 1.82) is 0 Å². The van der Waals surface area contributed by atoms with Crippen molar-refractivity contribution in [2.75, 3.05) is 6.61 Å². The third kappa shape index (κ3) is 15.2. The maximum atomic E-state index is 10.5. The lowest BCUT2D eigenvalue weighted by molar-refractivity contribution is -0.141. The Hall–Kier alpha value is -0.790. The van der Waals surface area contributed by atoms with Crippen LogP contribution in [0.1, 0.15) is 78.1 Å². The normalized spacial score (nSPS) is 11.0. The highest BCUT2D eigenvalue weighted by molar-refractivity contribution is 5.65. The molecule has 0 heterocycles. The maximum absolute atomic E-state index is 10.5. The first-order chi connectivity index (χ1) is 8.77. The molecule has 0 N–H and O–H groups in total. The van der Waals surface area contributed by atoms with Crippen LogP contribution in [0.25, 0.3) is 0 Å². The highest BCUT2D eigenvalue weighted by atomic mass is 16.5. The van der Waals surface area contributed by atoms with Crippen LogP contribution in [0.4, 0.5) is 0 Å². The summed E-state index contributed by atoms with van der Waals surface area (Å²) in [5, 5.41) is 0. The first-order valence-corrected chi connectivity index (χ1v) is 7.55. The molecule has 18 heavy (non-hydrogen) atoms. The fraction of sp³-hybridized carbons (Fsp3) is 0.812. The van der Waals surface area contributed by atoms with E-state index in [0.717, 1.165) is 6.42 Å². The molecule has 106 valence electrons. The number of ether oxygens (including phenoxy) is 1. The van der Waals surface area contributed by atoms with Crippen LogP contribution in [0, 0.1) is 0 Å². The zero-order valence-corrected chi connectivity index (χ0v) is 12.2. The Balaban J connectivity index is 3.01. The Kier molecular flexibility index (Phi) is 13.6. The Bertz CT molecular complexity index is 209. The molecular weight excluding hydrogens is 224 g/mol. The average molecular weight is 254 g/mol. The molecule has 0 radical (unpaired) electrons. The number of hydrogen-bond acceptors (Lipinski definition) is 2. The second-order valence-corrected chi connectivity index (χ2v) is 4.86. The summed E-state index contributed by atoms with van der Waals surface area (Å²) in [6.07, 6.45) is 17.1. The fourth-order valence-electron chi connectivity index (χ4n) is 1.87. The maximum Gasteiger partial charge on any atom is 0.302 e. The summed E-state index contributed by atoms with van der Waals surface area (Å²) in [7, 11) is 0. The van der Waals surface area contributed by atoms with Gasteiger partial charge in [0.25, 0.3) is 0 Å². The minimum atomic E-state index is -0.161. The largest absolute Gasteiger partial charge is 0.466 e. The van der Waals surface area contributed by atoms with Crippen molar-refractivity contribution in [3.8, 4) is 0 Å². The predicted molar refractivity (Wildman–Crippen MR) is 77.6 cm³/mol. The number of hydrogen-bond donors (Lipinski definition) is 0. The minimum Gasteiger partial charge on any atom is -0.466 e. The second-order valence-electron chi connectivity index (χ2n) is 4.86. The van der Waals surface area contributed by atoms with Gasteiger partial charge in [-0.05, 0) is 25.7 Å². The molecule has 2 nitrogen and oxygen atoms in total. The van der Waals surface area contributed by atoms with E-state index in [1.807, 2.05) is 0 Å². The molecular formula is C16H30O2. The van der Waals surface area contributed by atoms with Crippen molar-refractivity contribution in [2.24, 2.45) is 0 Å². The van der Waals surface area contributed by atoms with Gasteiger partial charge >= 0.3 is 5.97 Å². The lowest BCUT2D eigenvalue weighted by Crippen LogP contribution is -1.99. The SMILES string of the molecule is CCCC=CCCCCCCCCCOC(C)=O. The summed E-state index contributed by atoms with van der Waals surface area (Å²) in [6.45, 7) is 4.28. The van der Waals surface area contributed by atoms with Gasteiger partial charge in [-0.25, -0.2) is 0 Å². The molecule has 0 bridgehead atoms. The van der Waals surface area contributed by atoms with Crippen LogP contribution in [0.5, 0.6) is 0 Å². The summed E-state index contributed by atoms with van der Waals surface area (Å²) in [4.78, 5) is 10.5. The molecule has 0 amide bonds. The number of carbonyl (C=O) groups excluding carboxylic acids is 1. The standard InChI is InChI=1S/C16H30O2/c1-3-4-5-6-7-8-9-10-11-12-13-14-15-18-16(2)17/h5-6H,3-4,7-15H2,1-2H3. The number of unbranched alkanes of at least 4 members (excludes halogenated alkanes) is 8. The summed E-state index contributed by atoms with van der Waals surface area (Å²) < 4.78 is 4.89. The topological polar surface area (TPSA) is 26.3 Å². The lowest BCUT2D eigenvalue weighted by atomic mass is 10.1. The lowest BCUT2D eigenvalue weighted by Gasteiger charge is -2.02. The summed E-state index contributed by atoms with van der Waals surface area (Å²) in [5.41, 5.74) is 0. The van der Waals surface area contributed by atoms with E-state index in [4.69, 9.17) is 4.74 Å². The predicted octanol–water partition coefficient (Wildman–Crippen LogP) is 5.03. The van der Waals surface area contributed by atoms with Gasteiger partial charge in [0.05, 0.1) is 6.61 Å². The molecule has 0 aromatic rings. The quantitative estimate of drug-likeness (QED) is 0.277. The van der Waals surface area contributed by atoms with E-state index >= 15 is 0 Å². The summed E-state index contributed by atoms with van der Waals surface area (Å²) in [6, 6.07) is 0. The van der Waals surface area contributed by atoms with Crippen LogP contribution in [0.3, 0.4) is 0 Å². The Morgan fingerprint density at radius 2 is 1.44 bits per heavy atom. The van der Waals surface area contributed by atoms with Gasteiger partial charge in [-0.15, -0.1) is 0 Å². The van der Waals surface area contributed by atoms with Gasteiger partial charge in [0.1, 0.15) is 0 Å². The molecule has 0 aliphatic heterocycles. The van der Waals surface area contributed by atoms with Crippen LogP contribution in [-0.2, 0) is 9.53 Å². The highest BCUT2D eigenvalue weighted by Crippen LogP contribution is 2.09. The molecule has 2 heteroatoms. The van der Waals surface area contributed by atoms with E-state index < -0.39 is 0 Å². The van der Waals surface area contributed by atoms with Gasteiger partial charge in [-0.2, -0.15) is 0 Å². The van der Waals surface area contributed by atoms with Crippen molar-refractivity contribution >= 4 is 5.97 Å². The van der Waals surface area contributed by atoms with Crippen molar-refractivity contribution in [2.45, 2.75) is 78.1 Å². The molecule has 0 rings (SSSR count). The van der Waals surface area contributed by atoms with Crippen molar-refractivity contribution < 1.29 is 9.53 Å². The first-order valence-electron chi connectivity index (χ1n) is 7.55. The van der Waals surface area contributed by atoms with E-state index in [2.05, 4.69) is 19.1 Å². The van der Waals surface area contributed by atoms with E-state index in [1.165, 1.54) is 64.7 Å². The van der Waals surface area contributed by atoms with Gasteiger partial charge in [0, 0.05) is 6.92 Å². The smallest absolute Gasteiger partial charge is 0.302 e. The number of allylic oxidation sites excluding steroid dienone is 2. The van der Waals surface area contributed by atoms with Crippen LogP contribution < -0.4 is 0 Å². The van der Waals surface area contributed by atoms with E-state index in [1.54, 1.807) is 0 Å². The number of esters is 1. The first kappa shape index (κ1) is 17.2. The van der Waals surface area contributed by atoms with Crippen molar-refractivity contribution in [3.05, 3.63) is 12.2 Å². The molecule has 0 aliphatic carbocycles. The molecule has 0 aromatic heterocycles. The van der Waals surface area contributed by atoms with Crippen molar-refractivity contribution in [3.63, 3.8) is 0 Å². The summed E-state index contributed by atoms with van der Waals surface area (Å²) >= 11 is 0. The minimum absolute atomic E-state index is 0.161. The summed E-state index contributed by atoms with van der Waals surface area (Å²) in [5.74, 6) is -0.161. The molecule has 0 spiro atoms. The zero-order valence-electron chi connectivity index (χ0n) is 12.2. The molecule has 0 aliphatic rings. The van der Waals surface area contributed by atoms with Crippen LogP contribution in [0.15, 0.2) is 12.2 Å². The molecule has 0 aromatic carbocycles. The Morgan fingerprint density at radius 1 is 0.889 bits per heavy atom. The molecule has 0 unspecified atom stereocenters. The van der Waals surface area contributed by atoms with E-state index in [9.17, 15) is 4.79 Å². The van der Waals surface area contributed by atoms with E-state index in [-0.39, 0.29) is 5.97 Å². The molecule has 0 saturated heterocycles. The number of rotatable bonds is 12. The van der Waals surface area contributed by atoms with E-state index in [0.29, 0.717) is 6.61 Å². The fourth-order valence-corrected chi connectivity index (χ4v) is 1.87. The van der Waals surface area contributed by atoms with Gasteiger partial charge in [-0.1, -0.05) is 57.6 Å². The molecule has 0 fully saturated rings. The van der Waals surface area contributed by atoms with Crippen LogP contribution in [-0.4, -0.2) is 12.6 Å². The van der Waals surface area contributed by atoms with Crippen LogP contribution >= 0.6 is 0 Å². The van der Waals surface area contributed by atoms with Crippen LogP contribution in [0.2, 0.25) is 0 Å². The molecule has 0 saturated carbocycles. The Labute approximate surface area is 113 Å². The van der Waals surface area contributed by atoms with Gasteiger partial charge in [0.2, 0.25) is 0 Å². The third-order valence-corrected chi connectivity index (χ3v) is 2.94. The zero-order chi connectivity index (χ0) is 13.5. The monoisotopic (exact) mass is 254 g/mol. The Morgan fingerprint density at radius 3 is 2.06 bits per heavy atom. The van der Waals surface area contributed by atoms with Gasteiger partial charge in [-0.3, -0.25) is 4.79 Å². The second kappa shape index (κ2) is 14.3. The number of carbonyl (C=O) groups is 1.